The molecule has 0 bridgehead atoms. The largest absolute Gasteiger partial charge is 0.463 e. The maximum atomic E-state index is 11.7. The highest BCUT2D eigenvalue weighted by molar-refractivity contribution is 5.91. The molecule has 7 heteroatoms. The SMILES string of the molecule is CCOC(=O)C=CC(=O)OCCCC(=O)Oc1ccccc1C=O. The molecule has 0 unspecified atom stereocenters. The summed E-state index contributed by atoms with van der Waals surface area (Å²) >= 11 is 0. The molecule has 0 radical (unpaired) electrons. The number of para-hydroxylation sites is 1. The summed E-state index contributed by atoms with van der Waals surface area (Å²) in [6.07, 6.45) is 2.79. The van der Waals surface area contributed by atoms with Gasteiger partial charge in [0.2, 0.25) is 0 Å². The zero-order chi connectivity index (χ0) is 17.8. The van der Waals surface area contributed by atoms with E-state index < -0.39 is 17.9 Å². The summed E-state index contributed by atoms with van der Waals surface area (Å²) in [7, 11) is 0. The van der Waals surface area contributed by atoms with E-state index in [0.717, 1.165) is 12.2 Å². The van der Waals surface area contributed by atoms with Crippen LogP contribution in [0.15, 0.2) is 36.4 Å². The summed E-state index contributed by atoms with van der Waals surface area (Å²) in [5.41, 5.74) is 0.279. The number of esters is 3. The molecule has 0 aromatic heterocycles. The second-order valence-electron chi connectivity index (χ2n) is 4.49. The average molecular weight is 334 g/mol. The smallest absolute Gasteiger partial charge is 0.331 e. The topological polar surface area (TPSA) is 96.0 Å². The molecule has 1 rings (SSSR count). The number of carbonyl (C=O) groups is 4. The zero-order valence-electron chi connectivity index (χ0n) is 13.2. The minimum atomic E-state index is -0.706. The van der Waals surface area contributed by atoms with Crippen LogP contribution in [0.1, 0.15) is 30.1 Å². The van der Waals surface area contributed by atoms with Crippen LogP contribution in [0.2, 0.25) is 0 Å². The molecule has 0 aliphatic carbocycles. The molecule has 0 atom stereocenters. The molecule has 0 aliphatic heterocycles. The lowest BCUT2D eigenvalue weighted by atomic mass is 10.2. The quantitative estimate of drug-likeness (QED) is 0.223. The van der Waals surface area contributed by atoms with Crippen molar-refractivity contribution in [3.63, 3.8) is 0 Å². The van der Waals surface area contributed by atoms with Gasteiger partial charge in [0.25, 0.3) is 0 Å². The van der Waals surface area contributed by atoms with E-state index in [0.29, 0.717) is 6.29 Å². The lowest BCUT2D eigenvalue weighted by Gasteiger charge is -2.06. The Kier molecular flexibility index (Phi) is 8.52. The van der Waals surface area contributed by atoms with Gasteiger partial charge in [-0.2, -0.15) is 0 Å². The minimum absolute atomic E-state index is 0.00355. The molecule has 7 nitrogen and oxygen atoms in total. The van der Waals surface area contributed by atoms with Crippen molar-refractivity contribution < 1.29 is 33.4 Å². The van der Waals surface area contributed by atoms with Crippen LogP contribution < -0.4 is 4.74 Å². The first-order chi connectivity index (χ1) is 11.6. The zero-order valence-corrected chi connectivity index (χ0v) is 13.2. The molecule has 0 fully saturated rings. The van der Waals surface area contributed by atoms with E-state index in [9.17, 15) is 19.2 Å². The monoisotopic (exact) mass is 334 g/mol. The third-order valence-corrected chi connectivity index (χ3v) is 2.68. The predicted octanol–water partition coefficient (Wildman–Crippen LogP) is 1.85. The molecular formula is C17H18O7. The van der Waals surface area contributed by atoms with Gasteiger partial charge in [0.1, 0.15) is 5.75 Å². The molecule has 1 aromatic rings. The fourth-order valence-electron chi connectivity index (χ4n) is 1.61. The highest BCUT2D eigenvalue weighted by Crippen LogP contribution is 2.16. The minimum Gasteiger partial charge on any atom is -0.463 e. The van der Waals surface area contributed by atoms with Crippen molar-refractivity contribution in [2.75, 3.05) is 13.2 Å². The van der Waals surface area contributed by atoms with Crippen molar-refractivity contribution in [1.82, 2.24) is 0 Å². The molecule has 0 spiro atoms. The maximum Gasteiger partial charge on any atom is 0.331 e. The number of rotatable bonds is 9. The van der Waals surface area contributed by atoms with Gasteiger partial charge >= 0.3 is 17.9 Å². The van der Waals surface area contributed by atoms with Gasteiger partial charge in [-0.1, -0.05) is 12.1 Å². The molecule has 0 heterocycles. The Labute approximate surface area is 139 Å². The highest BCUT2D eigenvalue weighted by Gasteiger charge is 2.09. The fraction of sp³-hybridized carbons (Fsp3) is 0.294. The first-order valence-electron chi connectivity index (χ1n) is 7.33. The third-order valence-electron chi connectivity index (χ3n) is 2.68. The summed E-state index contributed by atoms with van der Waals surface area (Å²) in [5.74, 6) is -1.69. The Hall–Kier alpha value is -2.96. The van der Waals surface area contributed by atoms with Crippen molar-refractivity contribution >= 4 is 24.2 Å². The predicted molar refractivity (Wildman–Crippen MR) is 83.4 cm³/mol. The first kappa shape index (κ1) is 19.1. The number of hydrogen-bond acceptors (Lipinski definition) is 7. The molecule has 0 aliphatic rings. The molecule has 0 saturated carbocycles. The van der Waals surface area contributed by atoms with Crippen LogP contribution in [-0.2, 0) is 23.9 Å². The Morgan fingerprint density at radius 1 is 1.04 bits per heavy atom. The Morgan fingerprint density at radius 2 is 1.71 bits per heavy atom. The van der Waals surface area contributed by atoms with Crippen LogP contribution in [-0.4, -0.2) is 37.4 Å². The number of benzene rings is 1. The van der Waals surface area contributed by atoms with Gasteiger partial charge < -0.3 is 14.2 Å². The van der Waals surface area contributed by atoms with Crippen molar-refractivity contribution in [1.29, 1.82) is 0 Å². The van der Waals surface area contributed by atoms with Crippen LogP contribution in [0.4, 0.5) is 0 Å². The highest BCUT2D eigenvalue weighted by atomic mass is 16.5. The van der Waals surface area contributed by atoms with Crippen LogP contribution in [0.5, 0.6) is 5.75 Å². The molecule has 0 N–H and O–H groups in total. The van der Waals surface area contributed by atoms with Crippen molar-refractivity contribution in [2.24, 2.45) is 0 Å². The van der Waals surface area contributed by atoms with Crippen molar-refractivity contribution in [2.45, 2.75) is 19.8 Å². The summed E-state index contributed by atoms with van der Waals surface area (Å²) in [6, 6.07) is 6.35. The van der Waals surface area contributed by atoms with Crippen LogP contribution in [0, 0.1) is 0 Å². The van der Waals surface area contributed by atoms with Gasteiger partial charge in [0.05, 0.1) is 18.8 Å². The van der Waals surface area contributed by atoms with Crippen LogP contribution in [0.3, 0.4) is 0 Å². The Morgan fingerprint density at radius 3 is 2.38 bits per heavy atom. The number of ether oxygens (including phenoxy) is 3. The van der Waals surface area contributed by atoms with Crippen LogP contribution in [0.25, 0.3) is 0 Å². The summed E-state index contributed by atoms with van der Waals surface area (Å²) in [6.45, 7) is 1.86. The van der Waals surface area contributed by atoms with Gasteiger partial charge in [-0.05, 0) is 25.5 Å². The van der Waals surface area contributed by atoms with Gasteiger partial charge in [-0.15, -0.1) is 0 Å². The van der Waals surface area contributed by atoms with Gasteiger partial charge in [-0.25, -0.2) is 9.59 Å². The average Bonchev–Trinajstić information content (AvgIpc) is 2.57. The lowest BCUT2D eigenvalue weighted by Crippen LogP contribution is -2.11. The fourth-order valence-corrected chi connectivity index (χ4v) is 1.61. The van der Waals surface area contributed by atoms with Gasteiger partial charge in [0.15, 0.2) is 6.29 Å². The molecule has 0 saturated heterocycles. The second kappa shape index (κ2) is 10.7. The molecule has 128 valence electrons. The second-order valence-corrected chi connectivity index (χ2v) is 4.49. The third kappa shape index (κ3) is 7.35. The van der Waals surface area contributed by atoms with Crippen LogP contribution >= 0.6 is 0 Å². The van der Waals surface area contributed by atoms with E-state index in [-0.39, 0.29) is 37.4 Å². The van der Waals surface area contributed by atoms with E-state index in [1.807, 2.05) is 0 Å². The van der Waals surface area contributed by atoms with E-state index in [1.54, 1.807) is 19.1 Å². The van der Waals surface area contributed by atoms with E-state index in [1.165, 1.54) is 12.1 Å². The Balaban J connectivity index is 2.27. The molecule has 0 amide bonds. The van der Waals surface area contributed by atoms with Crippen molar-refractivity contribution in [3.8, 4) is 5.75 Å². The number of hydrogen-bond donors (Lipinski definition) is 0. The summed E-state index contributed by atoms with van der Waals surface area (Å²) in [5, 5.41) is 0. The molecule has 1 aromatic carbocycles. The normalized spacial score (nSPS) is 10.2. The van der Waals surface area contributed by atoms with E-state index in [2.05, 4.69) is 4.74 Å². The first-order valence-corrected chi connectivity index (χ1v) is 7.33. The van der Waals surface area contributed by atoms with Gasteiger partial charge in [-0.3, -0.25) is 9.59 Å². The number of carbonyl (C=O) groups excluding carboxylic acids is 4. The molecular weight excluding hydrogens is 316 g/mol. The standard InChI is InChI=1S/C17H18O7/c1-2-22-15(19)9-10-16(20)23-11-5-8-17(21)24-14-7-4-3-6-13(14)12-18/h3-4,6-7,9-10,12H,2,5,8,11H2,1H3. The summed E-state index contributed by atoms with van der Waals surface area (Å²) in [4.78, 5) is 44.8. The molecule has 24 heavy (non-hydrogen) atoms. The van der Waals surface area contributed by atoms with E-state index >= 15 is 0 Å². The number of aldehydes is 1. The summed E-state index contributed by atoms with van der Waals surface area (Å²) < 4.78 is 14.5. The van der Waals surface area contributed by atoms with Crippen molar-refractivity contribution in [3.05, 3.63) is 42.0 Å². The van der Waals surface area contributed by atoms with E-state index in [4.69, 9.17) is 9.47 Å². The van der Waals surface area contributed by atoms with Gasteiger partial charge in [0, 0.05) is 18.6 Å². The lowest BCUT2D eigenvalue weighted by molar-refractivity contribution is -0.141. The maximum absolute atomic E-state index is 11.7. The Bertz CT molecular complexity index is 619.